The molecule has 0 radical (unpaired) electrons. The molecule has 2 aliphatic carbocycles. The smallest absolute Gasteiger partial charge is 0.418 e. The Balaban J connectivity index is 1.05. The van der Waals surface area contributed by atoms with E-state index in [1.54, 1.807) is 48.7 Å². The number of rotatable bonds is 8. The molecule has 3 atom stereocenters. The van der Waals surface area contributed by atoms with E-state index in [2.05, 4.69) is 20.9 Å². The summed E-state index contributed by atoms with van der Waals surface area (Å²) < 4.78 is 48.1. The molecule has 2 saturated carbocycles. The van der Waals surface area contributed by atoms with Crippen molar-refractivity contribution in [3.63, 3.8) is 0 Å². The molecule has 2 amide bonds. The molecular weight excluding hydrogens is 547 g/mol. The summed E-state index contributed by atoms with van der Waals surface area (Å²) in [7, 11) is 1.52. The number of hydrogen-bond donors (Lipinski definition) is 3. The molecule has 6 rings (SSSR count). The van der Waals surface area contributed by atoms with Gasteiger partial charge in [-0.15, -0.1) is 0 Å². The third-order valence-corrected chi connectivity index (χ3v) is 8.91. The Labute approximate surface area is 241 Å². The zero-order chi connectivity index (χ0) is 29.5. The number of anilines is 3. The number of halogens is 3. The molecule has 4 aliphatic rings. The van der Waals surface area contributed by atoms with Gasteiger partial charge in [0.15, 0.2) is 0 Å². The average Bonchev–Trinajstić information content (AvgIpc) is 3.09. The van der Waals surface area contributed by atoms with Crippen LogP contribution in [0, 0.1) is 11.3 Å². The first-order valence-electron chi connectivity index (χ1n) is 14.1. The Hall–Kier alpha value is -4.28. The van der Waals surface area contributed by atoms with Crippen molar-refractivity contribution in [1.29, 1.82) is 0 Å². The van der Waals surface area contributed by atoms with E-state index >= 15 is 0 Å². The third-order valence-electron chi connectivity index (χ3n) is 8.91. The zero-order valence-electron chi connectivity index (χ0n) is 23.1. The van der Waals surface area contributed by atoms with Crippen molar-refractivity contribution in [2.45, 2.75) is 44.3 Å². The Morgan fingerprint density at radius 3 is 2.60 bits per heavy atom. The summed E-state index contributed by atoms with van der Waals surface area (Å²) in [6.45, 7) is 0.550. The van der Waals surface area contributed by atoms with Crippen molar-refractivity contribution >= 4 is 34.6 Å². The fourth-order valence-electron chi connectivity index (χ4n) is 6.73. The molecule has 3 N–H and O–H groups in total. The van der Waals surface area contributed by atoms with Gasteiger partial charge in [-0.3, -0.25) is 14.6 Å². The van der Waals surface area contributed by atoms with Crippen LogP contribution in [-0.2, 0) is 15.8 Å². The highest BCUT2D eigenvalue weighted by Crippen LogP contribution is 2.65. The van der Waals surface area contributed by atoms with Gasteiger partial charge in [0.1, 0.15) is 17.2 Å². The van der Waals surface area contributed by atoms with Crippen LogP contribution in [0.25, 0.3) is 0 Å². The predicted molar refractivity (Wildman–Crippen MR) is 155 cm³/mol. The lowest BCUT2D eigenvalue weighted by Crippen LogP contribution is -2.68. The van der Waals surface area contributed by atoms with Gasteiger partial charge in [0.2, 0.25) is 5.91 Å². The van der Waals surface area contributed by atoms with Crippen LogP contribution in [0.5, 0.6) is 5.75 Å². The SMILES string of the molecule is CNC(=O)C1=NC=CCC(Oc2ccc(NCC(=O)Nc3ccc(N4CC56CCC5CCC46)c(C(F)(F)F)c3)cc2)=C1. The van der Waals surface area contributed by atoms with Crippen LogP contribution in [0.1, 0.15) is 37.7 Å². The molecule has 220 valence electrons. The van der Waals surface area contributed by atoms with E-state index in [0.717, 1.165) is 25.3 Å². The van der Waals surface area contributed by atoms with Crippen LogP contribution in [0.4, 0.5) is 30.2 Å². The molecule has 11 heteroatoms. The molecule has 2 aliphatic heterocycles. The summed E-state index contributed by atoms with van der Waals surface area (Å²) in [5.41, 5.74) is 0.684. The maximum atomic E-state index is 14.1. The Kier molecular flexibility index (Phi) is 7.20. The number of ether oxygens (including phenoxy) is 1. The molecule has 0 aromatic heterocycles. The summed E-state index contributed by atoms with van der Waals surface area (Å²) in [5, 5.41) is 8.09. The van der Waals surface area contributed by atoms with Crippen molar-refractivity contribution in [1.82, 2.24) is 5.32 Å². The summed E-state index contributed by atoms with van der Waals surface area (Å²) in [6, 6.07) is 11.1. The van der Waals surface area contributed by atoms with Crippen LogP contribution < -0.4 is 25.6 Å². The van der Waals surface area contributed by atoms with Gasteiger partial charge in [-0.05, 0) is 74.1 Å². The Morgan fingerprint density at radius 2 is 1.88 bits per heavy atom. The number of hydrogen-bond acceptors (Lipinski definition) is 6. The van der Waals surface area contributed by atoms with Crippen LogP contribution in [-0.4, -0.2) is 43.7 Å². The summed E-state index contributed by atoms with van der Waals surface area (Å²) in [4.78, 5) is 30.5. The maximum absolute atomic E-state index is 14.1. The minimum absolute atomic E-state index is 0.107. The van der Waals surface area contributed by atoms with E-state index in [4.69, 9.17) is 4.74 Å². The minimum Gasteiger partial charge on any atom is -0.461 e. The second-order valence-corrected chi connectivity index (χ2v) is 11.2. The Bertz CT molecular complexity index is 1480. The van der Waals surface area contributed by atoms with Gasteiger partial charge in [0.05, 0.1) is 12.1 Å². The van der Waals surface area contributed by atoms with E-state index < -0.39 is 17.6 Å². The van der Waals surface area contributed by atoms with E-state index in [1.165, 1.54) is 19.5 Å². The van der Waals surface area contributed by atoms with E-state index in [0.29, 0.717) is 36.1 Å². The van der Waals surface area contributed by atoms with E-state index in [-0.39, 0.29) is 41.0 Å². The molecule has 3 fully saturated rings. The summed E-state index contributed by atoms with van der Waals surface area (Å²) in [5.74, 6) is 0.942. The third kappa shape index (κ3) is 5.23. The Morgan fingerprint density at radius 1 is 1.10 bits per heavy atom. The molecule has 42 heavy (non-hydrogen) atoms. The van der Waals surface area contributed by atoms with Crippen molar-refractivity contribution in [3.8, 4) is 5.75 Å². The number of aliphatic imine (C=N–C) groups is 1. The quantitative estimate of drug-likeness (QED) is 0.384. The van der Waals surface area contributed by atoms with Gasteiger partial charge in [-0.1, -0.05) is 6.08 Å². The number of allylic oxidation sites excluding steroid dienone is 1. The number of nitrogens with zero attached hydrogens (tertiary/aromatic N) is 2. The highest BCUT2D eigenvalue weighted by atomic mass is 19.4. The fourth-order valence-corrected chi connectivity index (χ4v) is 6.73. The summed E-state index contributed by atoms with van der Waals surface area (Å²) in [6.07, 6.45) is 5.19. The topological polar surface area (TPSA) is 95.1 Å². The highest BCUT2D eigenvalue weighted by molar-refractivity contribution is 6.43. The molecule has 2 aromatic rings. The van der Waals surface area contributed by atoms with Gasteiger partial charge in [0.25, 0.3) is 5.91 Å². The lowest BCUT2D eigenvalue weighted by atomic mass is 9.55. The first-order chi connectivity index (χ1) is 20.2. The van der Waals surface area contributed by atoms with Gasteiger partial charge >= 0.3 is 6.18 Å². The lowest BCUT2D eigenvalue weighted by Gasteiger charge is -2.63. The number of carbonyl (C=O) groups is 2. The maximum Gasteiger partial charge on any atom is 0.418 e. The normalized spacial score (nSPS) is 24.1. The van der Waals surface area contributed by atoms with E-state index in [9.17, 15) is 22.8 Å². The largest absolute Gasteiger partial charge is 0.461 e. The lowest BCUT2D eigenvalue weighted by molar-refractivity contribution is -0.137. The second kappa shape index (κ2) is 10.8. The number of benzene rings is 2. The summed E-state index contributed by atoms with van der Waals surface area (Å²) >= 11 is 0. The van der Waals surface area contributed by atoms with Crippen LogP contribution in [0.15, 0.2) is 71.6 Å². The molecular formula is C31H32F3N5O3. The van der Waals surface area contributed by atoms with Crippen LogP contribution in [0.3, 0.4) is 0 Å². The number of nitrogens with one attached hydrogen (secondary N) is 3. The fraction of sp³-hybridized carbons (Fsp3) is 0.387. The van der Waals surface area contributed by atoms with Crippen molar-refractivity contribution in [2.75, 3.05) is 35.7 Å². The second-order valence-electron chi connectivity index (χ2n) is 11.2. The van der Waals surface area contributed by atoms with Crippen molar-refractivity contribution in [2.24, 2.45) is 16.3 Å². The zero-order valence-corrected chi connectivity index (χ0v) is 23.1. The average molecular weight is 580 g/mol. The van der Waals surface area contributed by atoms with E-state index in [1.807, 2.05) is 4.90 Å². The highest BCUT2D eigenvalue weighted by Gasteiger charge is 2.65. The van der Waals surface area contributed by atoms with Crippen molar-refractivity contribution < 1.29 is 27.5 Å². The molecule has 2 heterocycles. The molecule has 2 aromatic carbocycles. The molecule has 1 spiro atoms. The van der Waals surface area contributed by atoms with Crippen LogP contribution in [0.2, 0.25) is 0 Å². The molecule has 0 bridgehead atoms. The van der Waals surface area contributed by atoms with Gasteiger partial charge in [0, 0.05) is 60.8 Å². The van der Waals surface area contributed by atoms with Gasteiger partial charge < -0.3 is 25.6 Å². The predicted octanol–water partition coefficient (Wildman–Crippen LogP) is 5.50. The number of carbonyl (C=O) groups excluding carboxylic acids is 2. The first-order valence-corrected chi connectivity index (χ1v) is 14.1. The molecule has 8 nitrogen and oxygen atoms in total. The number of alkyl halides is 3. The monoisotopic (exact) mass is 579 g/mol. The minimum atomic E-state index is -4.53. The molecule has 1 saturated heterocycles. The molecule has 3 unspecified atom stereocenters. The number of amides is 2. The standard InChI is InChI=1S/C31H32F3N5O3/c1-35-29(41)25-16-23(3-2-14-36-25)42-22-8-5-20(6-9-22)37-17-28(40)38-21-7-10-26(24(15-21)31(32,33)34)39-18-30-13-12-19(30)4-11-27(30)39/h2,5-10,14-16,19,27,37H,3-4,11-13,17-18H2,1H3,(H,35,41)(H,38,40). The first kappa shape index (κ1) is 27.9. The van der Waals surface area contributed by atoms with Gasteiger partial charge in [-0.2, -0.15) is 13.2 Å². The van der Waals surface area contributed by atoms with Gasteiger partial charge in [-0.25, -0.2) is 0 Å². The van der Waals surface area contributed by atoms with Crippen LogP contribution >= 0.6 is 0 Å². The van der Waals surface area contributed by atoms with Crippen molar-refractivity contribution in [3.05, 3.63) is 72.1 Å².